The van der Waals surface area contributed by atoms with Crippen molar-refractivity contribution in [1.29, 1.82) is 0 Å². The van der Waals surface area contributed by atoms with Crippen molar-refractivity contribution in [2.24, 2.45) is 0 Å². The highest BCUT2D eigenvalue weighted by Crippen LogP contribution is 2.32. The molecule has 0 aliphatic carbocycles. The summed E-state index contributed by atoms with van der Waals surface area (Å²) in [6.45, 7) is 0.330. The van der Waals surface area contributed by atoms with Crippen molar-refractivity contribution in [3.8, 4) is 11.5 Å². The largest absolute Gasteiger partial charge is 0.497 e. The van der Waals surface area contributed by atoms with E-state index in [9.17, 15) is 9.90 Å². The van der Waals surface area contributed by atoms with Crippen molar-refractivity contribution < 1.29 is 24.1 Å². The van der Waals surface area contributed by atoms with Gasteiger partial charge in [-0.3, -0.25) is 0 Å². The normalized spacial score (nSPS) is 11.7. The number of methoxy groups -OCH3 is 2. The second-order valence-electron chi connectivity index (χ2n) is 4.63. The Kier molecular flexibility index (Phi) is 5.38. The molecule has 2 rings (SSSR count). The molecule has 0 heterocycles. The number of hydrogen-bond donors (Lipinski definition) is 1. The highest BCUT2D eigenvalue weighted by atomic mass is 16.5. The number of carboxylic acid groups (broad SMARTS) is 1. The maximum Gasteiger partial charge on any atom is 0.337 e. The zero-order valence-corrected chi connectivity index (χ0v) is 12.5. The summed E-state index contributed by atoms with van der Waals surface area (Å²) in [6, 6.07) is 14.6. The van der Waals surface area contributed by atoms with Gasteiger partial charge >= 0.3 is 5.97 Å². The van der Waals surface area contributed by atoms with Crippen LogP contribution in [-0.4, -0.2) is 25.3 Å². The summed E-state index contributed by atoms with van der Waals surface area (Å²) in [5, 5.41) is 9.25. The lowest BCUT2D eigenvalue weighted by Crippen LogP contribution is -2.15. The molecule has 2 aromatic carbocycles. The molecule has 5 nitrogen and oxygen atoms in total. The minimum Gasteiger partial charge on any atom is -0.497 e. The average molecular weight is 302 g/mol. The molecular weight excluding hydrogens is 284 g/mol. The van der Waals surface area contributed by atoms with E-state index >= 15 is 0 Å². The summed E-state index contributed by atoms with van der Waals surface area (Å²) >= 11 is 0. The number of benzene rings is 2. The zero-order valence-electron chi connectivity index (χ0n) is 12.5. The molecule has 0 aliphatic rings. The molecule has 0 saturated carbocycles. The first kappa shape index (κ1) is 15.9. The molecule has 1 N–H and O–H groups in total. The Balaban J connectivity index is 2.28. The van der Waals surface area contributed by atoms with Crippen molar-refractivity contribution >= 4 is 5.97 Å². The molecule has 22 heavy (non-hydrogen) atoms. The van der Waals surface area contributed by atoms with E-state index in [1.807, 2.05) is 30.3 Å². The molecule has 0 radical (unpaired) electrons. The number of ether oxygens (including phenoxy) is 3. The molecule has 1 atom stereocenters. The first-order chi connectivity index (χ1) is 10.7. The molecule has 0 aromatic heterocycles. The maximum absolute atomic E-state index is 11.3. The van der Waals surface area contributed by atoms with Gasteiger partial charge in [0.1, 0.15) is 18.1 Å². The van der Waals surface area contributed by atoms with Crippen LogP contribution in [0.25, 0.3) is 0 Å². The third-order valence-corrected chi connectivity index (χ3v) is 3.20. The number of carbonyl (C=O) groups is 1. The third kappa shape index (κ3) is 3.77. The Morgan fingerprint density at radius 3 is 2.45 bits per heavy atom. The topological polar surface area (TPSA) is 65.0 Å². The van der Waals surface area contributed by atoms with Gasteiger partial charge in [0, 0.05) is 18.7 Å². The first-order valence-electron chi connectivity index (χ1n) is 6.76. The molecular formula is C17H18O5. The molecule has 0 aliphatic heterocycles. The van der Waals surface area contributed by atoms with Crippen molar-refractivity contribution in [2.45, 2.75) is 12.7 Å². The van der Waals surface area contributed by atoms with Crippen molar-refractivity contribution in [2.75, 3.05) is 14.2 Å². The van der Waals surface area contributed by atoms with Crippen molar-refractivity contribution in [3.63, 3.8) is 0 Å². The van der Waals surface area contributed by atoms with Crippen LogP contribution < -0.4 is 9.47 Å². The zero-order chi connectivity index (χ0) is 15.9. The summed E-state index contributed by atoms with van der Waals surface area (Å²) in [4.78, 5) is 11.3. The minimum atomic E-state index is -1.09. The van der Waals surface area contributed by atoms with Gasteiger partial charge in [-0.2, -0.15) is 0 Å². The SMILES string of the molecule is COc1ccc(C(OC)C(=O)O)c(OCc2ccccc2)c1. The predicted octanol–water partition coefficient (Wildman–Crippen LogP) is 3.05. The lowest BCUT2D eigenvalue weighted by molar-refractivity contribution is -0.149. The Morgan fingerprint density at radius 1 is 1.14 bits per heavy atom. The van der Waals surface area contributed by atoms with Crippen LogP contribution in [0.15, 0.2) is 48.5 Å². The van der Waals surface area contributed by atoms with Gasteiger partial charge in [-0.1, -0.05) is 30.3 Å². The van der Waals surface area contributed by atoms with Crippen LogP contribution in [0, 0.1) is 0 Å². The van der Waals surface area contributed by atoms with Crippen molar-refractivity contribution in [3.05, 3.63) is 59.7 Å². The molecule has 0 bridgehead atoms. The fourth-order valence-electron chi connectivity index (χ4n) is 2.08. The van der Waals surface area contributed by atoms with E-state index in [0.717, 1.165) is 5.56 Å². The summed E-state index contributed by atoms with van der Waals surface area (Å²) in [5.41, 5.74) is 1.44. The van der Waals surface area contributed by atoms with E-state index < -0.39 is 12.1 Å². The Morgan fingerprint density at radius 2 is 1.86 bits per heavy atom. The smallest absolute Gasteiger partial charge is 0.337 e. The monoisotopic (exact) mass is 302 g/mol. The standard InChI is InChI=1S/C17H18O5/c1-20-13-8-9-14(16(21-2)17(18)19)15(10-13)22-11-12-6-4-3-5-7-12/h3-10,16H,11H2,1-2H3,(H,18,19). The molecule has 1 unspecified atom stereocenters. The van der Waals surface area contributed by atoms with Gasteiger partial charge in [0.25, 0.3) is 0 Å². The van der Waals surface area contributed by atoms with Gasteiger partial charge in [-0.25, -0.2) is 4.79 Å². The van der Waals surface area contributed by atoms with Gasteiger partial charge in [0.05, 0.1) is 7.11 Å². The van der Waals surface area contributed by atoms with E-state index in [0.29, 0.717) is 23.7 Å². The van der Waals surface area contributed by atoms with Crippen LogP contribution in [-0.2, 0) is 16.1 Å². The van der Waals surface area contributed by atoms with Crippen LogP contribution in [0.2, 0.25) is 0 Å². The Labute approximate surface area is 129 Å². The van der Waals surface area contributed by atoms with Crippen LogP contribution in [0.3, 0.4) is 0 Å². The highest BCUT2D eigenvalue weighted by Gasteiger charge is 2.23. The van der Waals surface area contributed by atoms with Gasteiger partial charge in [-0.15, -0.1) is 0 Å². The number of aliphatic carboxylic acids is 1. The number of rotatable bonds is 7. The molecule has 116 valence electrons. The van der Waals surface area contributed by atoms with Crippen LogP contribution in [0.5, 0.6) is 11.5 Å². The number of carboxylic acids is 1. The van der Waals surface area contributed by atoms with E-state index in [-0.39, 0.29) is 0 Å². The van der Waals surface area contributed by atoms with Gasteiger partial charge in [-0.05, 0) is 17.7 Å². The van der Waals surface area contributed by atoms with E-state index in [4.69, 9.17) is 14.2 Å². The lowest BCUT2D eigenvalue weighted by atomic mass is 10.1. The fourth-order valence-corrected chi connectivity index (χ4v) is 2.08. The third-order valence-electron chi connectivity index (χ3n) is 3.20. The van der Waals surface area contributed by atoms with E-state index in [2.05, 4.69) is 0 Å². The molecule has 0 amide bonds. The fraction of sp³-hybridized carbons (Fsp3) is 0.235. The second-order valence-corrected chi connectivity index (χ2v) is 4.63. The van der Waals surface area contributed by atoms with Crippen LogP contribution in [0.4, 0.5) is 0 Å². The summed E-state index contributed by atoms with van der Waals surface area (Å²) in [5.74, 6) is -0.0539. The molecule has 5 heteroatoms. The van der Waals surface area contributed by atoms with Crippen molar-refractivity contribution in [1.82, 2.24) is 0 Å². The predicted molar refractivity (Wildman–Crippen MR) is 81.2 cm³/mol. The van der Waals surface area contributed by atoms with Crippen LogP contribution >= 0.6 is 0 Å². The lowest BCUT2D eigenvalue weighted by Gasteiger charge is -2.17. The average Bonchev–Trinajstić information content (AvgIpc) is 2.55. The molecule has 0 spiro atoms. The Hall–Kier alpha value is -2.53. The van der Waals surface area contributed by atoms with Gasteiger partial charge < -0.3 is 19.3 Å². The number of hydrogen-bond acceptors (Lipinski definition) is 4. The van der Waals surface area contributed by atoms with Crippen LogP contribution in [0.1, 0.15) is 17.2 Å². The van der Waals surface area contributed by atoms with Gasteiger partial charge in [0.15, 0.2) is 6.10 Å². The highest BCUT2D eigenvalue weighted by molar-refractivity contribution is 5.75. The maximum atomic E-state index is 11.3. The second kappa shape index (κ2) is 7.47. The summed E-state index contributed by atoms with van der Waals surface area (Å²) in [6.07, 6.45) is -1.09. The van der Waals surface area contributed by atoms with E-state index in [1.165, 1.54) is 7.11 Å². The molecule has 0 fully saturated rings. The Bertz CT molecular complexity index is 624. The summed E-state index contributed by atoms with van der Waals surface area (Å²) in [7, 11) is 2.89. The molecule has 0 saturated heterocycles. The quantitative estimate of drug-likeness (QED) is 0.851. The van der Waals surface area contributed by atoms with Gasteiger partial charge in [0.2, 0.25) is 0 Å². The summed E-state index contributed by atoms with van der Waals surface area (Å²) < 4.78 is 16.0. The first-order valence-corrected chi connectivity index (χ1v) is 6.76. The molecule has 2 aromatic rings. The minimum absolute atomic E-state index is 0.330. The van der Waals surface area contributed by atoms with E-state index in [1.54, 1.807) is 25.3 Å².